The lowest BCUT2D eigenvalue weighted by Gasteiger charge is -2.50. The van der Waals surface area contributed by atoms with Crippen molar-refractivity contribution < 1.29 is 42.9 Å². The third kappa shape index (κ3) is 8.88. The number of rotatable bonds is 17. The molecule has 7 N–H and O–H groups in total. The highest BCUT2D eigenvalue weighted by molar-refractivity contribution is 8.00. The molecule has 11 nitrogen and oxygen atoms in total. The Kier molecular flexibility index (Phi) is 12.5. The van der Waals surface area contributed by atoms with Gasteiger partial charge in [-0.25, -0.2) is 13.6 Å². The van der Waals surface area contributed by atoms with Gasteiger partial charge in [0.2, 0.25) is 11.8 Å². The number of halogens is 2. The van der Waals surface area contributed by atoms with Crippen molar-refractivity contribution in [1.29, 1.82) is 0 Å². The number of carboxylic acids is 1. The number of thioether (sulfide) groups is 1. The minimum Gasteiger partial charge on any atom is -0.484 e. The fourth-order valence-corrected chi connectivity index (χ4v) is 6.66. The van der Waals surface area contributed by atoms with E-state index in [2.05, 4.69) is 16.0 Å². The van der Waals surface area contributed by atoms with E-state index in [1.54, 1.807) is 36.4 Å². The number of amides is 3. The van der Waals surface area contributed by atoms with Crippen LogP contribution in [0.2, 0.25) is 0 Å². The van der Waals surface area contributed by atoms with Crippen LogP contribution >= 0.6 is 11.8 Å². The van der Waals surface area contributed by atoms with Gasteiger partial charge in [0, 0.05) is 5.75 Å². The van der Waals surface area contributed by atoms with Crippen molar-refractivity contribution in [2.24, 2.45) is 5.73 Å². The molecule has 14 heteroatoms. The number of nitrogens with two attached hydrogens (primary N) is 1. The molecule has 3 amide bonds. The molecule has 5 atom stereocenters. The number of ether oxygens (including phenoxy) is 1. The highest BCUT2D eigenvalue weighted by Crippen LogP contribution is 2.46. The molecule has 0 saturated carbocycles. The topological polar surface area (TPSA) is 180 Å². The highest BCUT2D eigenvalue weighted by Gasteiger charge is 2.56. The van der Waals surface area contributed by atoms with Crippen LogP contribution in [0.15, 0.2) is 72.8 Å². The van der Waals surface area contributed by atoms with E-state index in [0.717, 1.165) is 0 Å². The molecule has 3 aromatic rings. The minimum absolute atomic E-state index is 0.130. The Labute approximate surface area is 280 Å². The Hall–Kier alpha value is -4.53. The van der Waals surface area contributed by atoms with E-state index in [4.69, 9.17) is 10.5 Å². The lowest BCUT2D eigenvalue weighted by atomic mass is 9.74. The summed E-state index contributed by atoms with van der Waals surface area (Å²) in [6.07, 6.45) is 0.389. The number of carbonyl (C=O) groups excluding carboxylic acids is 3. The van der Waals surface area contributed by atoms with Crippen LogP contribution in [-0.2, 0) is 24.7 Å². The van der Waals surface area contributed by atoms with Crippen LogP contribution in [0.3, 0.4) is 0 Å². The smallest absolute Gasteiger partial charge is 0.326 e. The van der Waals surface area contributed by atoms with Crippen molar-refractivity contribution in [3.63, 3.8) is 0 Å². The van der Waals surface area contributed by atoms with E-state index in [-0.39, 0.29) is 18.1 Å². The first-order valence-electron chi connectivity index (χ1n) is 15.3. The Bertz CT molecular complexity index is 1580. The number of carboxylic acid groups (broad SMARTS) is 1. The number of β-lactam (4-membered cyclic amide) rings is 1. The predicted molar refractivity (Wildman–Crippen MR) is 175 cm³/mol. The molecule has 1 fully saturated rings. The zero-order valence-electron chi connectivity index (χ0n) is 26.2. The first kappa shape index (κ1) is 36.3. The Morgan fingerprint density at radius 2 is 1.54 bits per heavy atom. The van der Waals surface area contributed by atoms with Crippen LogP contribution < -0.4 is 26.4 Å². The number of hydrogen-bond donors (Lipinski definition) is 6. The summed E-state index contributed by atoms with van der Waals surface area (Å²) < 4.78 is 32.8. The number of unbranched alkanes of at least 4 members (excludes halogenated alkanes) is 1. The van der Waals surface area contributed by atoms with Gasteiger partial charge >= 0.3 is 5.97 Å². The van der Waals surface area contributed by atoms with Gasteiger partial charge in [-0.05, 0) is 85.8 Å². The van der Waals surface area contributed by atoms with Crippen LogP contribution in [0.4, 0.5) is 8.78 Å². The Morgan fingerprint density at radius 3 is 2.10 bits per heavy atom. The van der Waals surface area contributed by atoms with Crippen LogP contribution in [0.5, 0.6) is 5.75 Å². The van der Waals surface area contributed by atoms with Crippen LogP contribution in [0, 0.1) is 11.6 Å². The largest absolute Gasteiger partial charge is 0.484 e. The van der Waals surface area contributed by atoms with E-state index < -0.39 is 65.0 Å². The van der Waals surface area contributed by atoms with E-state index in [9.17, 15) is 38.2 Å². The summed E-state index contributed by atoms with van der Waals surface area (Å²) in [5.41, 5.74) is 6.12. The number of nitrogens with one attached hydrogen (secondary N) is 3. The summed E-state index contributed by atoms with van der Waals surface area (Å²) in [4.78, 5) is 49.4. The standard InChI is InChI=1S/C34H38F2N4O7S/c1-20(31(43)39-27(33(45)46)4-2-3-17-37)38-29(42)18-47-26-15-9-23(10-16-26)34(22-7-13-25(36)14-8-22)30(32(44)40-34)48-19-28(41)21-5-11-24(35)12-6-21/h5-16,20,27-28,30,41H,2-4,17-19,37H2,1H3,(H,38,42)(H,39,43)(H,40,44)(H,45,46)/t20-,27-,28?,30+,34+/m1/s1. The molecule has 1 unspecified atom stereocenters. The molecule has 0 spiro atoms. The van der Waals surface area contributed by atoms with E-state index in [1.165, 1.54) is 55.1 Å². The lowest BCUT2D eigenvalue weighted by molar-refractivity contribution is -0.142. The van der Waals surface area contributed by atoms with Crippen LogP contribution in [-0.4, -0.2) is 70.1 Å². The maximum atomic E-state index is 13.9. The molecule has 0 radical (unpaired) electrons. The first-order chi connectivity index (χ1) is 22.9. The van der Waals surface area contributed by atoms with E-state index in [0.29, 0.717) is 41.8 Å². The van der Waals surface area contributed by atoms with Gasteiger partial charge in [-0.2, -0.15) is 0 Å². The Morgan fingerprint density at radius 1 is 0.958 bits per heavy atom. The normalized spacial score (nSPS) is 18.9. The molecule has 0 bridgehead atoms. The van der Waals surface area contributed by atoms with Crippen molar-refractivity contribution in [1.82, 2.24) is 16.0 Å². The summed E-state index contributed by atoms with van der Waals surface area (Å²) in [6, 6.07) is 15.6. The summed E-state index contributed by atoms with van der Waals surface area (Å²) in [5.74, 6) is -3.16. The third-order valence-electron chi connectivity index (χ3n) is 7.94. The maximum absolute atomic E-state index is 13.9. The predicted octanol–water partition coefficient (Wildman–Crippen LogP) is 2.76. The van der Waals surface area contributed by atoms with Crippen LogP contribution in [0.1, 0.15) is 49.0 Å². The molecule has 1 saturated heterocycles. The number of hydrogen-bond acceptors (Lipinski definition) is 8. The zero-order valence-corrected chi connectivity index (χ0v) is 27.0. The van der Waals surface area contributed by atoms with Crippen LogP contribution in [0.25, 0.3) is 0 Å². The third-order valence-corrected chi connectivity index (χ3v) is 9.35. The molecular formula is C34H38F2N4O7S. The molecule has 1 aliphatic rings. The zero-order chi connectivity index (χ0) is 34.8. The molecule has 3 aromatic carbocycles. The second-order valence-electron chi connectivity index (χ2n) is 11.4. The summed E-state index contributed by atoms with van der Waals surface area (Å²) >= 11 is 1.21. The average molecular weight is 685 g/mol. The molecule has 0 aromatic heterocycles. The quantitative estimate of drug-likeness (QED) is 0.0921. The number of aliphatic carboxylic acids is 1. The fraction of sp³-hybridized carbons (Fsp3) is 0.353. The molecule has 256 valence electrons. The number of benzene rings is 3. The van der Waals surface area contributed by atoms with Crippen molar-refractivity contribution in [3.8, 4) is 5.75 Å². The molecule has 0 aliphatic carbocycles. The van der Waals surface area contributed by atoms with Gasteiger partial charge < -0.3 is 36.6 Å². The van der Waals surface area contributed by atoms with Crippen molar-refractivity contribution in [3.05, 3.63) is 101 Å². The minimum atomic E-state index is -1.18. The Balaban J connectivity index is 1.40. The van der Waals surface area contributed by atoms with Gasteiger partial charge in [0.15, 0.2) is 6.61 Å². The van der Waals surface area contributed by atoms with Crippen molar-refractivity contribution >= 4 is 35.5 Å². The van der Waals surface area contributed by atoms with Gasteiger partial charge in [0.25, 0.3) is 5.91 Å². The second-order valence-corrected chi connectivity index (χ2v) is 12.5. The SMILES string of the molecule is C[C@@H](NC(=O)COc1ccc([C@]2(c3ccc(F)cc3)NC(=O)[C@@H]2SCC(O)c2ccc(F)cc2)cc1)C(=O)N[C@H](CCCCN)C(=O)O. The van der Waals surface area contributed by atoms with E-state index in [1.807, 2.05) is 0 Å². The fourth-order valence-electron chi connectivity index (χ4n) is 5.30. The van der Waals surface area contributed by atoms with Gasteiger partial charge in [-0.1, -0.05) is 36.4 Å². The monoisotopic (exact) mass is 684 g/mol. The molecular weight excluding hydrogens is 646 g/mol. The average Bonchev–Trinajstić information content (AvgIpc) is 3.06. The van der Waals surface area contributed by atoms with Gasteiger partial charge in [-0.3, -0.25) is 14.4 Å². The van der Waals surface area contributed by atoms with Crippen molar-refractivity contribution in [2.75, 3.05) is 18.9 Å². The number of aliphatic hydroxyl groups is 1. The highest BCUT2D eigenvalue weighted by atomic mass is 32.2. The van der Waals surface area contributed by atoms with Gasteiger partial charge in [-0.15, -0.1) is 11.8 Å². The number of aliphatic hydroxyl groups excluding tert-OH is 1. The van der Waals surface area contributed by atoms with Gasteiger partial charge in [0.05, 0.1) is 6.10 Å². The summed E-state index contributed by atoms with van der Waals surface area (Å²) in [6.45, 7) is 1.40. The number of carbonyl (C=O) groups is 4. The van der Waals surface area contributed by atoms with Gasteiger partial charge in [0.1, 0.15) is 40.3 Å². The molecule has 1 aliphatic heterocycles. The van der Waals surface area contributed by atoms with E-state index >= 15 is 0 Å². The maximum Gasteiger partial charge on any atom is 0.326 e. The summed E-state index contributed by atoms with van der Waals surface area (Å²) in [5, 5.41) is 27.3. The summed E-state index contributed by atoms with van der Waals surface area (Å²) in [7, 11) is 0. The first-order valence-corrected chi connectivity index (χ1v) is 16.4. The molecule has 4 rings (SSSR count). The molecule has 48 heavy (non-hydrogen) atoms. The lowest BCUT2D eigenvalue weighted by Crippen LogP contribution is -2.69. The van der Waals surface area contributed by atoms with Crippen molar-refractivity contribution in [2.45, 2.75) is 55.2 Å². The second kappa shape index (κ2) is 16.5. The molecule has 1 heterocycles.